The van der Waals surface area contributed by atoms with Gasteiger partial charge in [0.15, 0.2) is 0 Å². The van der Waals surface area contributed by atoms with Gasteiger partial charge in [-0.25, -0.2) is 4.79 Å². The molecule has 1 heterocycles. The van der Waals surface area contributed by atoms with Gasteiger partial charge >= 0.3 is 6.03 Å². The van der Waals surface area contributed by atoms with E-state index in [1.807, 2.05) is 4.90 Å². The lowest BCUT2D eigenvalue weighted by atomic mass is 10.00. The van der Waals surface area contributed by atoms with Gasteiger partial charge in [-0.15, -0.1) is 0 Å². The maximum atomic E-state index is 12.0. The molecular formula is C14H26N2O. The lowest BCUT2D eigenvalue weighted by Crippen LogP contribution is -2.45. The monoisotopic (exact) mass is 238 g/mol. The Kier molecular flexibility index (Phi) is 4.30. The smallest absolute Gasteiger partial charge is 0.317 e. The van der Waals surface area contributed by atoms with E-state index in [0.717, 1.165) is 50.2 Å². The van der Waals surface area contributed by atoms with Gasteiger partial charge in [0.2, 0.25) is 0 Å². The SMILES string of the molecule is CC1CCN(C(=O)NCC2CCC(C)C2)CC1. The molecule has 0 aromatic carbocycles. The summed E-state index contributed by atoms with van der Waals surface area (Å²) < 4.78 is 0. The van der Waals surface area contributed by atoms with Crippen molar-refractivity contribution < 1.29 is 4.79 Å². The second-order valence-corrected chi connectivity index (χ2v) is 6.14. The summed E-state index contributed by atoms with van der Waals surface area (Å²) >= 11 is 0. The van der Waals surface area contributed by atoms with Gasteiger partial charge < -0.3 is 10.2 Å². The van der Waals surface area contributed by atoms with Gasteiger partial charge in [0.1, 0.15) is 0 Å². The molecule has 0 spiro atoms. The number of carbonyl (C=O) groups is 1. The summed E-state index contributed by atoms with van der Waals surface area (Å²) in [6.45, 7) is 7.35. The molecule has 2 amide bonds. The molecule has 2 rings (SSSR count). The molecule has 2 fully saturated rings. The van der Waals surface area contributed by atoms with Crippen LogP contribution < -0.4 is 5.32 Å². The first-order valence-electron chi connectivity index (χ1n) is 7.18. The number of urea groups is 1. The van der Waals surface area contributed by atoms with Crippen molar-refractivity contribution in [3.8, 4) is 0 Å². The third-order valence-corrected chi connectivity index (χ3v) is 4.42. The van der Waals surface area contributed by atoms with E-state index in [1.165, 1.54) is 19.3 Å². The van der Waals surface area contributed by atoms with Crippen molar-refractivity contribution in [3.05, 3.63) is 0 Å². The molecule has 1 saturated heterocycles. The summed E-state index contributed by atoms with van der Waals surface area (Å²) in [5.41, 5.74) is 0. The molecule has 1 N–H and O–H groups in total. The fourth-order valence-corrected chi connectivity index (χ4v) is 3.07. The van der Waals surface area contributed by atoms with Crippen molar-refractivity contribution in [2.24, 2.45) is 17.8 Å². The normalized spacial score (nSPS) is 30.6. The highest BCUT2D eigenvalue weighted by atomic mass is 16.2. The van der Waals surface area contributed by atoms with Crippen LogP contribution in [0.1, 0.15) is 46.0 Å². The molecule has 1 saturated carbocycles. The van der Waals surface area contributed by atoms with Crippen LogP contribution in [0.15, 0.2) is 0 Å². The molecule has 17 heavy (non-hydrogen) atoms. The van der Waals surface area contributed by atoms with Crippen molar-refractivity contribution in [2.45, 2.75) is 46.0 Å². The first-order valence-corrected chi connectivity index (χ1v) is 7.18. The maximum absolute atomic E-state index is 12.0. The van der Waals surface area contributed by atoms with E-state index >= 15 is 0 Å². The average Bonchev–Trinajstić information content (AvgIpc) is 2.73. The minimum Gasteiger partial charge on any atom is -0.338 e. The maximum Gasteiger partial charge on any atom is 0.317 e. The van der Waals surface area contributed by atoms with Crippen LogP contribution in [-0.4, -0.2) is 30.6 Å². The van der Waals surface area contributed by atoms with Crippen molar-refractivity contribution >= 4 is 6.03 Å². The highest BCUT2D eigenvalue weighted by Gasteiger charge is 2.24. The quantitative estimate of drug-likeness (QED) is 0.788. The fourth-order valence-electron chi connectivity index (χ4n) is 3.07. The van der Waals surface area contributed by atoms with Crippen molar-refractivity contribution in [3.63, 3.8) is 0 Å². The summed E-state index contributed by atoms with van der Waals surface area (Å²) in [6, 6.07) is 0.163. The Morgan fingerprint density at radius 1 is 1.12 bits per heavy atom. The molecule has 3 nitrogen and oxygen atoms in total. The molecule has 1 aliphatic carbocycles. The zero-order chi connectivity index (χ0) is 12.3. The van der Waals surface area contributed by atoms with Crippen LogP contribution >= 0.6 is 0 Å². The Bertz CT molecular complexity index is 259. The second-order valence-electron chi connectivity index (χ2n) is 6.14. The fraction of sp³-hybridized carbons (Fsp3) is 0.929. The summed E-state index contributed by atoms with van der Waals surface area (Å²) in [6.07, 6.45) is 6.24. The van der Waals surface area contributed by atoms with E-state index in [-0.39, 0.29) is 6.03 Å². The van der Waals surface area contributed by atoms with E-state index in [2.05, 4.69) is 19.2 Å². The highest BCUT2D eigenvalue weighted by Crippen LogP contribution is 2.29. The van der Waals surface area contributed by atoms with Gasteiger partial charge in [0.05, 0.1) is 0 Å². The molecule has 98 valence electrons. The van der Waals surface area contributed by atoms with Gasteiger partial charge in [-0.2, -0.15) is 0 Å². The topological polar surface area (TPSA) is 32.3 Å². The molecule has 0 aromatic heterocycles. The van der Waals surface area contributed by atoms with Crippen molar-refractivity contribution in [1.29, 1.82) is 0 Å². The van der Waals surface area contributed by atoms with E-state index in [0.29, 0.717) is 0 Å². The Hall–Kier alpha value is -0.730. The van der Waals surface area contributed by atoms with Gasteiger partial charge in [0.25, 0.3) is 0 Å². The van der Waals surface area contributed by atoms with Crippen LogP contribution in [0.5, 0.6) is 0 Å². The van der Waals surface area contributed by atoms with Crippen LogP contribution in [0.25, 0.3) is 0 Å². The lowest BCUT2D eigenvalue weighted by molar-refractivity contribution is 0.172. The number of carbonyl (C=O) groups excluding carboxylic acids is 1. The van der Waals surface area contributed by atoms with Gasteiger partial charge in [0, 0.05) is 19.6 Å². The number of nitrogens with zero attached hydrogens (tertiary/aromatic N) is 1. The molecule has 1 aliphatic heterocycles. The van der Waals surface area contributed by atoms with E-state index in [9.17, 15) is 4.79 Å². The number of hydrogen-bond acceptors (Lipinski definition) is 1. The van der Waals surface area contributed by atoms with Crippen LogP contribution in [0.3, 0.4) is 0 Å². The minimum absolute atomic E-state index is 0.163. The van der Waals surface area contributed by atoms with Gasteiger partial charge in [-0.1, -0.05) is 20.3 Å². The van der Waals surface area contributed by atoms with E-state index in [4.69, 9.17) is 0 Å². The molecule has 0 aromatic rings. The molecule has 0 radical (unpaired) electrons. The zero-order valence-corrected chi connectivity index (χ0v) is 11.2. The number of rotatable bonds is 2. The standard InChI is InChI=1S/C14H26N2O/c1-11-5-7-16(8-6-11)14(17)15-10-13-4-3-12(2)9-13/h11-13H,3-10H2,1-2H3,(H,15,17). The van der Waals surface area contributed by atoms with Crippen LogP contribution in [0, 0.1) is 17.8 Å². The largest absolute Gasteiger partial charge is 0.338 e. The number of nitrogens with one attached hydrogen (secondary N) is 1. The zero-order valence-electron chi connectivity index (χ0n) is 11.2. The van der Waals surface area contributed by atoms with Gasteiger partial charge in [-0.3, -0.25) is 0 Å². The Balaban J connectivity index is 1.67. The third-order valence-electron chi connectivity index (χ3n) is 4.42. The predicted molar refractivity (Wildman–Crippen MR) is 69.9 cm³/mol. The number of piperidine rings is 1. The predicted octanol–water partition coefficient (Wildman–Crippen LogP) is 2.86. The van der Waals surface area contributed by atoms with E-state index in [1.54, 1.807) is 0 Å². The first-order chi connectivity index (χ1) is 8.15. The van der Waals surface area contributed by atoms with Crippen molar-refractivity contribution in [2.75, 3.05) is 19.6 Å². The second kappa shape index (κ2) is 5.74. The Morgan fingerprint density at radius 3 is 2.41 bits per heavy atom. The summed E-state index contributed by atoms with van der Waals surface area (Å²) in [7, 11) is 0. The molecule has 2 atom stereocenters. The van der Waals surface area contributed by atoms with Crippen LogP contribution in [0.2, 0.25) is 0 Å². The van der Waals surface area contributed by atoms with E-state index < -0.39 is 0 Å². The number of hydrogen-bond donors (Lipinski definition) is 1. The summed E-state index contributed by atoms with van der Waals surface area (Å²) in [5, 5.41) is 3.12. The van der Waals surface area contributed by atoms with Crippen molar-refractivity contribution in [1.82, 2.24) is 10.2 Å². The highest BCUT2D eigenvalue weighted by molar-refractivity contribution is 5.74. The molecule has 3 heteroatoms. The molecule has 0 bridgehead atoms. The van der Waals surface area contributed by atoms with Gasteiger partial charge in [-0.05, 0) is 43.4 Å². The van der Waals surface area contributed by atoms with Crippen LogP contribution in [-0.2, 0) is 0 Å². The van der Waals surface area contributed by atoms with Crippen LogP contribution in [0.4, 0.5) is 4.79 Å². The lowest BCUT2D eigenvalue weighted by Gasteiger charge is -2.30. The first kappa shape index (κ1) is 12.7. The average molecular weight is 238 g/mol. The summed E-state index contributed by atoms with van der Waals surface area (Å²) in [5.74, 6) is 2.36. The molecule has 2 unspecified atom stereocenters. The summed E-state index contributed by atoms with van der Waals surface area (Å²) in [4.78, 5) is 13.9. The molecular weight excluding hydrogens is 212 g/mol. The minimum atomic E-state index is 0.163. The number of likely N-dealkylation sites (tertiary alicyclic amines) is 1. The molecule has 2 aliphatic rings. The Labute approximate surface area is 105 Å². The third kappa shape index (κ3) is 3.62. The Morgan fingerprint density at radius 2 is 1.82 bits per heavy atom. The number of amides is 2.